The van der Waals surface area contributed by atoms with Crippen LogP contribution in [0.2, 0.25) is 0 Å². The summed E-state index contributed by atoms with van der Waals surface area (Å²) in [5.74, 6) is 0. The Balaban J connectivity index is 0. The van der Waals surface area contributed by atoms with E-state index in [0.29, 0.717) is 6.10 Å². The lowest BCUT2D eigenvalue weighted by Crippen LogP contribution is -1.99. The normalized spacial score (nSPS) is 8.57. The van der Waals surface area contributed by atoms with Gasteiger partial charge in [0.1, 0.15) is 0 Å². The van der Waals surface area contributed by atoms with Crippen molar-refractivity contribution in [2.24, 2.45) is 0 Å². The molecule has 2 nitrogen and oxygen atoms in total. The summed E-state index contributed by atoms with van der Waals surface area (Å²) in [4.78, 5) is 0. The van der Waals surface area contributed by atoms with E-state index in [1.54, 1.807) is 0 Å². The van der Waals surface area contributed by atoms with Crippen LogP contribution >= 0.6 is 0 Å². The molecule has 0 aromatic rings. The van der Waals surface area contributed by atoms with E-state index in [1.165, 1.54) is 0 Å². The molecule has 0 unspecified atom stereocenters. The number of hydrogen-bond donors (Lipinski definition) is 1. The third kappa shape index (κ3) is 10.7. The number of rotatable bonds is 2. The van der Waals surface area contributed by atoms with Crippen molar-refractivity contribution in [2.75, 3.05) is 6.61 Å². The topological polar surface area (TPSA) is 44.2 Å². The molecule has 0 radical (unpaired) electrons. The molecule has 0 saturated carbocycles. The highest BCUT2D eigenvalue weighted by atomic mass is 16.5. The molecule has 0 amide bonds. The van der Waals surface area contributed by atoms with E-state index in [4.69, 9.17) is 4.74 Å². The molecule has 0 bridgehead atoms. The summed E-state index contributed by atoms with van der Waals surface area (Å²) in [6.07, 6.45) is 0.398. The van der Waals surface area contributed by atoms with Gasteiger partial charge in [-0.2, -0.15) is 0 Å². The van der Waals surface area contributed by atoms with E-state index in [1.807, 2.05) is 20.8 Å². The average molecular weight is 105 g/mol. The van der Waals surface area contributed by atoms with Crippen LogP contribution in [0.4, 0.5) is 0 Å². The second kappa shape index (κ2) is 5.92. The molecule has 0 aromatic carbocycles. The van der Waals surface area contributed by atoms with Crippen molar-refractivity contribution in [2.45, 2.75) is 26.9 Å². The van der Waals surface area contributed by atoms with Gasteiger partial charge in [0.05, 0.1) is 6.10 Å². The predicted octanol–water partition coefficient (Wildman–Crippen LogP) is 1.59. The van der Waals surface area contributed by atoms with Gasteiger partial charge in [0.2, 0.25) is 0 Å². The van der Waals surface area contributed by atoms with Crippen molar-refractivity contribution in [1.29, 1.82) is 0 Å². The molecule has 0 atom stereocenters. The maximum Gasteiger partial charge on any atom is 0.0518 e. The van der Waals surface area contributed by atoms with Gasteiger partial charge in [-0.1, -0.05) is 0 Å². The molecule has 0 saturated heterocycles. The lowest BCUT2D eigenvalue weighted by Gasteiger charge is -2.00. The van der Waals surface area contributed by atoms with Gasteiger partial charge in [0, 0.05) is 6.61 Å². The van der Waals surface area contributed by atoms with Gasteiger partial charge in [-0.05, 0) is 20.8 Å². The minimum Gasteiger partial charge on any atom is -0.379 e. The highest BCUT2D eigenvalue weighted by molar-refractivity contribution is 4.30. The highest BCUT2D eigenvalue weighted by Gasteiger charge is 1.83. The van der Waals surface area contributed by atoms with Crippen molar-refractivity contribution in [3.8, 4) is 0 Å². The molecule has 0 heterocycles. The largest absolute Gasteiger partial charge is 0.379 e. The monoisotopic (exact) mass is 105 g/mol. The Morgan fingerprint density at radius 3 is 1.86 bits per heavy atom. The maximum absolute atomic E-state index is 5.04. The van der Waals surface area contributed by atoms with Crippen LogP contribution in [0.5, 0.6) is 0 Å². The zero-order valence-corrected chi connectivity index (χ0v) is 5.40. The first kappa shape index (κ1) is 10.0. The minimum atomic E-state index is 0. The highest BCUT2D eigenvalue weighted by Crippen LogP contribution is 1.83. The Labute approximate surface area is 45.4 Å². The third-order valence-corrected chi connectivity index (χ3v) is 0.500. The fraction of sp³-hybridized carbons (Fsp3) is 1.00. The van der Waals surface area contributed by atoms with Gasteiger partial charge in [-0.25, -0.2) is 0 Å². The predicted molar refractivity (Wildman–Crippen MR) is 31.8 cm³/mol. The molecule has 0 aliphatic heterocycles. The SMILES string of the molecule is CCOC(C)C.N. The Morgan fingerprint density at radius 1 is 1.43 bits per heavy atom. The van der Waals surface area contributed by atoms with Gasteiger partial charge < -0.3 is 10.9 Å². The molecule has 0 spiro atoms. The third-order valence-electron chi connectivity index (χ3n) is 0.500. The fourth-order valence-corrected chi connectivity index (χ4v) is 0.333. The number of ether oxygens (including phenoxy) is 1. The first-order valence-corrected chi connectivity index (χ1v) is 2.39. The molecule has 0 fully saturated rings. The Kier molecular flexibility index (Phi) is 8.47. The Morgan fingerprint density at radius 2 is 1.86 bits per heavy atom. The van der Waals surface area contributed by atoms with Gasteiger partial charge in [0.15, 0.2) is 0 Å². The van der Waals surface area contributed by atoms with Crippen LogP contribution < -0.4 is 6.15 Å². The van der Waals surface area contributed by atoms with Crippen LogP contribution in [0, 0.1) is 0 Å². The van der Waals surface area contributed by atoms with E-state index in [2.05, 4.69) is 0 Å². The van der Waals surface area contributed by atoms with Crippen molar-refractivity contribution >= 4 is 0 Å². The molecule has 46 valence electrons. The van der Waals surface area contributed by atoms with Gasteiger partial charge in [0.25, 0.3) is 0 Å². The van der Waals surface area contributed by atoms with Crippen LogP contribution in [0.15, 0.2) is 0 Å². The van der Waals surface area contributed by atoms with Gasteiger partial charge in [-0.15, -0.1) is 0 Å². The average Bonchev–Trinajstić information content (AvgIpc) is 1.35. The molecule has 7 heavy (non-hydrogen) atoms. The number of hydrogen-bond acceptors (Lipinski definition) is 2. The maximum atomic E-state index is 5.04. The van der Waals surface area contributed by atoms with Crippen LogP contribution in [-0.2, 0) is 4.74 Å². The molecule has 3 N–H and O–H groups in total. The van der Waals surface area contributed by atoms with E-state index in [-0.39, 0.29) is 6.15 Å². The lowest BCUT2D eigenvalue weighted by atomic mass is 10.5. The van der Waals surface area contributed by atoms with Gasteiger partial charge >= 0.3 is 0 Å². The van der Waals surface area contributed by atoms with Crippen molar-refractivity contribution < 1.29 is 4.74 Å². The molecular weight excluding hydrogens is 90.1 g/mol. The molecule has 0 aliphatic rings. The molecule has 2 heteroatoms. The summed E-state index contributed by atoms with van der Waals surface area (Å²) < 4.78 is 5.04. The summed E-state index contributed by atoms with van der Waals surface area (Å²) >= 11 is 0. The van der Waals surface area contributed by atoms with Crippen LogP contribution in [0.3, 0.4) is 0 Å². The zero-order chi connectivity index (χ0) is 4.99. The van der Waals surface area contributed by atoms with Crippen molar-refractivity contribution in [3.63, 3.8) is 0 Å². The van der Waals surface area contributed by atoms with Crippen molar-refractivity contribution in [3.05, 3.63) is 0 Å². The smallest absolute Gasteiger partial charge is 0.0518 e. The summed E-state index contributed by atoms with van der Waals surface area (Å²) in [6.45, 7) is 6.89. The molecule has 0 rings (SSSR count). The van der Waals surface area contributed by atoms with E-state index < -0.39 is 0 Å². The van der Waals surface area contributed by atoms with Crippen molar-refractivity contribution in [1.82, 2.24) is 6.15 Å². The summed E-state index contributed by atoms with van der Waals surface area (Å²) in [5.41, 5.74) is 0. The molecule has 0 aliphatic carbocycles. The quantitative estimate of drug-likeness (QED) is 0.579. The first-order valence-electron chi connectivity index (χ1n) is 2.39. The molecule has 0 aromatic heterocycles. The lowest BCUT2D eigenvalue weighted by molar-refractivity contribution is 0.0899. The van der Waals surface area contributed by atoms with Crippen LogP contribution in [0.25, 0.3) is 0 Å². The van der Waals surface area contributed by atoms with E-state index >= 15 is 0 Å². The fourth-order valence-electron chi connectivity index (χ4n) is 0.333. The van der Waals surface area contributed by atoms with E-state index in [0.717, 1.165) is 6.61 Å². The standard InChI is InChI=1S/C5H12O.H3N/c1-4-6-5(2)3;/h5H,4H2,1-3H3;1H3. The van der Waals surface area contributed by atoms with Crippen LogP contribution in [0.1, 0.15) is 20.8 Å². The van der Waals surface area contributed by atoms with Crippen LogP contribution in [-0.4, -0.2) is 12.7 Å². The first-order chi connectivity index (χ1) is 2.77. The zero-order valence-electron chi connectivity index (χ0n) is 5.40. The minimum absolute atomic E-state index is 0. The Hall–Kier alpha value is -0.0800. The summed E-state index contributed by atoms with van der Waals surface area (Å²) in [5, 5.41) is 0. The summed E-state index contributed by atoms with van der Waals surface area (Å²) in [7, 11) is 0. The van der Waals surface area contributed by atoms with E-state index in [9.17, 15) is 0 Å². The summed E-state index contributed by atoms with van der Waals surface area (Å²) in [6, 6.07) is 0. The molecular formula is C5H15NO. The Bertz CT molecular complexity index is 29.3. The second-order valence-corrected chi connectivity index (χ2v) is 1.50. The second-order valence-electron chi connectivity index (χ2n) is 1.50. The van der Waals surface area contributed by atoms with Gasteiger partial charge in [-0.3, -0.25) is 0 Å².